The number of likely N-dealkylation sites (tertiary alicyclic amines) is 1. The predicted molar refractivity (Wildman–Crippen MR) is 122 cm³/mol. The number of benzene rings is 1. The van der Waals surface area contributed by atoms with E-state index in [1.54, 1.807) is 13.3 Å². The first kappa shape index (κ1) is 23.0. The van der Waals surface area contributed by atoms with E-state index < -0.39 is 0 Å². The molecule has 168 valence electrons. The smallest absolute Gasteiger partial charge is 0.218 e. The van der Waals surface area contributed by atoms with Crippen molar-refractivity contribution in [3.63, 3.8) is 0 Å². The van der Waals surface area contributed by atoms with Gasteiger partial charge < -0.3 is 24.4 Å². The van der Waals surface area contributed by atoms with Crippen molar-refractivity contribution in [1.82, 2.24) is 15.2 Å². The molecule has 1 aromatic heterocycles. The van der Waals surface area contributed by atoms with E-state index in [9.17, 15) is 0 Å². The summed E-state index contributed by atoms with van der Waals surface area (Å²) in [5, 5.41) is 3.42. The van der Waals surface area contributed by atoms with Gasteiger partial charge in [-0.2, -0.15) is 0 Å². The first-order chi connectivity index (χ1) is 15.3. The Morgan fingerprint density at radius 1 is 1.19 bits per heavy atom. The molecule has 31 heavy (non-hydrogen) atoms. The molecule has 0 aliphatic carbocycles. The van der Waals surface area contributed by atoms with Gasteiger partial charge in [-0.25, -0.2) is 9.98 Å². The highest BCUT2D eigenvalue weighted by molar-refractivity contribution is 5.80. The summed E-state index contributed by atoms with van der Waals surface area (Å²) < 4.78 is 16.8. The minimum absolute atomic E-state index is 0.473. The number of aliphatic imine (C=N–C) groups is 1. The average Bonchev–Trinajstić information content (AvgIpc) is 3.27. The topological polar surface area (TPSA) is 68.2 Å². The SMILES string of the molecule is CCNC(=NCc1cccnc1OCCOC)N1CCC(COCc2ccccc2)C1. The van der Waals surface area contributed by atoms with Crippen LogP contribution in [0.3, 0.4) is 0 Å². The van der Waals surface area contributed by atoms with E-state index >= 15 is 0 Å². The summed E-state index contributed by atoms with van der Waals surface area (Å²) in [5.41, 5.74) is 2.18. The highest BCUT2D eigenvalue weighted by atomic mass is 16.5. The fourth-order valence-corrected chi connectivity index (χ4v) is 3.56. The van der Waals surface area contributed by atoms with Crippen LogP contribution < -0.4 is 10.1 Å². The molecular weight excluding hydrogens is 392 g/mol. The summed E-state index contributed by atoms with van der Waals surface area (Å²) in [5.74, 6) is 2.06. The summed E-state index contributed by atoms with van der Waals surface area (Å²) in [6, 6.07) is 14.2. The summed E-state index contributed by atoms with van der Waals surface area (Å²) in [7, 11) is 1.66. The zero-order valence-corrected chi connectivity index (χ0v) is 18.6. The molecule has 1 aromatic carbocycles. The number of guanidine groups is 1. The molecule has 1 saturated heterocycles. The highest BCUT2D eigenvalue weighted by Gasteiger charge is 2.25. The van der Waals surface area contributed by atoms with Gasteiger partial charge in [0.05, 0.1) is 26.4 Å². The van der Waals surface area contributed by atoms with E-state index in [1.807, 2.05) is 30.3 Å². The monoisotopic (exact) mass is 426 g/mol. The first-order valence-electron chi connectivity index (χ1n) is 11.0. The van der Waals surface area contributed by atoms with E-state index in [1.165, 1.54) is 5.56 Å². The Bertz CT molecular complexity index is 800. The van der Waals surface area contributed by atoms with Crippen LogP contribution in [0.4, 0.5) is 0 Å². The molecular formula is C24H34N4O3. The standard InChI is InChI=1S/C24H34N4O3/c1-3-25-24(27-16-22-10-7-12-26-23(22)31-15-14-29-2)28-13-11-21(17-28)19-30-18-20-8-5-4-6-9-20/h4-10,12,21H,3,11,13-19H2,1-2H3,(H,25,27). The number of rotatable bonds is 11. The van der Waals surface area contributed by atoms with E-state index in [4.69, 9.17) is 19.2 Å². The van der Waals surface area contributed by atoms with Crippen LogP contribution in [0.15, 0.2) is 53.7 Å². The van der Waals surface area contributed by atoms with Gasteiger partial charge in [-0.15, -0.1) is 0 Å². The van der Waals surface area contributed by atoms with Gasteiger partial charge in [0.1, 0.15) is 6.61 Å². The minimum Gasteiger partial charge on any atom is -0.475 e. The van der Waals surface area contributed by atoms with Crippen molar-refractivity contribution in [3.05, 3.63) is 59.8 Å². The Hall–Kier alpha value is -2.64. The molecule has 1 fully saturated rings. The number of pyridine rings is 1. The van der Waals surface area contributed by atoms with E-state index in [-0.39, 0.29) is 0 Å². The summed E-state index contributed by atoms with van der Waals surface area (Å²) >= 11 is 0. The van der Waals surface area contributed by atoms with Crippen molar-refractivity contribution < 1.29 is 14.2 Å². The number of ether oxygens (including phenoxy) is 3. The van der Waals surface area contributed by atoms with Crippen LogP contribution in [0, 0.1) is 5.92 Å². The molecule has 0 saturated carbocycles. The Kier molecular flexibility index (Phi) is 9.60. The Morgan fingerprint density at radius 3 is 2.87 bits per heavy atom. The molecule has 2 heterocycles. The molecule has 1 aliphatic rings. The molecule has 1 atom stereocenters. The van der Waals surface area contributed by atoms with Gasteiger partial charge in [0.15, 0.2) is 5.96 Å². The number of methoxy groups -OCH3 is 1. The van der Waals surface area contributed by atoms with Crippen molar-refractivity contribution in [3.8, 4) is 5.88 Å². The lowest BCUT2D eigenvalue weighted by Gasteiger charge is -2.22. The van der Waals surface area contributed by atoms with E-state index in [0.29, 0.717) is 38.2 Å². The lowest BCUT2D eigenvalue weighted by molar-refractivity contribution is 0.0906. The zero-order chi connectivity index (χ0) is 21.7. The van der Waals surface area contributed by atoms with Crippen LogP contribution in [0.25, 0.3) is 0 Å². The van der Waals surface area contributed by atoms with E-state index in [0.717, 1.165) is 44.2 Å². The number of hydrogen-bond donors (Lipinski definition) is 1. The van der Waals surface area contributed by atoms with Gasteiger partial charge in [0.25, 0.3) is 0 Å². The van der Waals surface area contributed by atoms with Crippen LogP contribution in [-0.2, 0) is 22.6 Å². The number of aromatic nitrogens is 1. The van der Waals surface area contributed by atoms with Gasteiger partial charge in [-0.3, -0.25) is 0 Å². The van der Waals surface area contributed by atoms with Crippen LogP contribution in [0.5, 0.6) is 5.88 Å². The molecule has 7 heteroatoms. The number of nitrogens with one attached hydrogen (secondary N) is 1. The molecule has 0 spiro atoms. The third kappa shape index (κ3) is 7.52. The maximum Gasteiger partial charge on any atom is 0.218 e. The fraction of sp³-hybridized carbons (Fsp3) is 0.500. The van der Waals surface area contributed by atoms with Crippen molar-refractivity contribution in [1.29, 1.82) is 0 Å². The Labute approximate surface area is 185 Å². The molecule has 0 bridgehead atoms. The molecule has 2 aromatic rings. The van der Waals surface area contributed by atoms with Gasteiger partial charge in [0, 0.05) is 44.4 Å². The highest BCUT2D eigenvalue weighted by Crippen LogP contribution is 2.19. The third-order valence-corrected chi connectivity index (χ3v) is 5.16. The Balaban J connectivity index is 1.53. The van der Waals surface area contributed by atoms with Gasteiger partial charge in [-0.1, -0.05) is 36.4 Å². The minimum atomic E-state index is 0.473. The van der Waals surface area contributed by atoms with Crippen LogP contribution >= 0.6 is 0 Å². The van der Waals surface area contributed by atoms with Gasteiger partial charge in [0.2, 0.25) is 5.88 Å². The number of hydrogen-bond acceptors (Lipinski definition) is 5. The molecule has 1 unspecified atom stereocenters. The lowest BCUT2D eigenvalue weighted by atomic mass is 10.1. The average molecular weight is 427 g/mol. The second kappa shape index (κ2) is 12.9. The second-order valence-electron chi connectivity index (χ2n) is 7.58. The van der Waals surface area contributed by atoms with Crippen molar-refractivity contribution in [2.24, 2.45) is 10.9 Å². The quantitative estimate of drug-likeness (QED) is 0.338. The van der Waals surface area contributed by atoms with Gasteiger partial charge in [-0.05, 0) is 25.0 Å². The number of nitrogens with zero attached hydrogens (tertiary/aromatic N) is 3. The lowest BCUT2D eigenvalue weighted by Crippen LogP contribution is -2.40. The maximum atomic E-state index is 5.96. The fourth-order valence-electron chi connectivity index (χ4n) is 3.56. The molecule has 7 nitrogen and oxygen atoms in total. The largest absolute Gasteiger partial charge is 0.475 e. The second-order valence-corrected chi connectivity index (χ2v) is 7.58. The summed E-state index contributed by atoms with van der Waals surface area (Å²) in [6.45, 7) is 7.81. The molecule has 1 aliphatic heterocycles. The normalized spacial score (nSPS) is 16.5. The van der Waals surface area contributed by atoms with Crippen molar-refractivity contribution in [2.45, 2.75) is 26.5 Å². The van der Waals surface area contributed by atoms with Crippen LogP contribution in [0.2, 0.25) is 0 Å². The Morgan fingerprint density at radius 2 is 2.06 bits per heavy atom. The molecule has 0 amide bonds. The van der Waals surface area contributed by atoms with Crippen molar-refractivity contribution >= 4 is 5.96 Å². The molecule has 1 N–H and O–H groups in total. The molecule has 3 rings (SSSR count). The van der Waals surface area contributed by atoms with Crippen molar-refractivity contribution in [2.75, 3.05) is 46.6 Å². The van der Waals surface area contributed by atoms with E-state index in [2.05, 4.69) is 34.3 Å². The zero-order valence-electron chi connectivity index (χ0n) is 18.6. The third-order valence-electron chi connectivity index (χ3n) is 5.16. The van der Waals surface area contributed by atoms with Crippen LogP contribution in [0.1, 0.15) is 24.5 Å². The maximum absolute atomic E-state index is 5.96. The van der Waals surface area contributed by atoms with Gasteiger partial charge >= 0.3 is 0 Å². The molecule has 0 radical (unpaired) electrons. The predicted octanol–water partition coefficient (Wildman–Crippen LogP) is 3.11. The van der Waals surface area contributed by atoms with Crippen LogP contribution in [-0.4, -0.2) is 62.4 Å². The summed E-state index contributed by atoms with van der Waals surface area (Å²) in [4.78, 5) is 11.5. The summed E-state index contributed by atoms with van der Waals surface area (Å²) in [6.07, 6.45) is 2.85. The first-order valence-corrected chi connectivity index (χ1v) is 11.0.